The summed E-state index contributed by atoms with van der Waals surface area (Å²) in [6, 6.07) is 6.70. The molecule has 0 fully saturated rings. The normalized spacial score (nSPS) is 9.00. The molecule has 0 aliphatic carbocycles. The summed E-state index contributed by atoms with van der Waals surface area (Å²) in [7, 11) is 1.21. The molecule has 1 rings (SSSR count). The van der Waals surface area contributed by atoms with Crippen LogP contribution in [0.1, 0.15) is 5.56 Å². The van der Waals surface area contributed by atoms with Crippen LogP contribution >= 0.6 is 0 Å². The highest BCUT2D eigenvalue weighted by Gasteiger charge is 2.26. The van der Waals surface area contributed by atoms with Crippen molar-refractivity contribution < 1.29 is 19.1 Å². The van der Waals surface area contributed by atoms with Crippen LogP contribution in [0.15, 0.2) is 36.9 Å². The molecule has 0 amide bonds. The van der Waals surface area contributed by atoms with Crippen molar-refractivity contribution in [1.29, 1.82) is 0 Å². The minimum absolute atomic E-state index is 0.202. The van der Waals surface area contributed by atoms with E-state index in [4.69, 9.17) is 10.3 Å². The molecule has 1 aromatic carbocycles. The molecule has 0 spiro atoms. The summed E-state index contributed by atoms with van der Waals surface area (Å²) < 4.78 is 9.86. The number of rotatable bonds is 5. The van der Waals surface area contributed by atoms with Crippen LogP contribution in [0.5, 0.6) is 5.75 Å². The SMILES string of the molecule is C=CCOc1ccccc1C(=[N+]=[N-])C(=O)OC. The average molecular weight is 232 g/mol. The molecule has 0 heterocycles. The molecule has 0 N–H and O–H groups in total. The lowest BCUT2D eigenvalue weighted by Gasteiger charge is -2.05. The molecule has 0 bridgehead atoms. The third-order valence-electron chi connectivity index (χ3n) is 1.98. The van der Waals surface area contributed by atoms with Gasteiger partial charge in [-0.15, -0.1) is 0 Å². The first kappa shape index (κ1) is 12.7. The number of methoxy groups -OCH3 is 1. The molecule has 0 unspecified atom stereocenters. The van der Waals surface area contributed by atoms with Crippen LogP contribution in [0, 0.1) is 0 Å². The second-order valence-electron chi connectivity index (χ2n) is 3.04. The number of hydrogen-bond acceptors (Lipinski definition) is 3. The number of benzene rings is 1. The number of ether oxygens (including phenoxy) is 2. The number of nitrogens with zero attached hydrogens (tertiary/aromatic N) is 2. The monoisotopic (exact) mass is 232 g/mol. The molecule has 0 aliphatic rings. The van der Waals surface area contributed by atoms with Crippen molar-refractivity contribution in [2.45, 2.75) is 0 Å². The Morgan fingerprint density at radius 2 is 2.24 bits per heavy atom. The van der Waals surface area contributed by atoms with Gasteiger partial charge >= 0.3 is 11.7 Å². The summed E-state index contributed by atoms with van der Waals surface area (Å²) in [6.45, 7) is 3.81. The summed E-state index contributed by atoms with van der Waals surface area (Å²) in [5.74, 6) is -0.312. The van der Waals surface area contributed by atoms with Crippen molar-refractivity contribution in [2.75, 3.05) is 13.7 Å². The maximum Gasteiger partial charge on any atom is 0.422 e. The van der Waals surface area contributed by atoms with E-state index < -0.39 is 5.97 Å². The van der Waals surface area contributed by atoms with E-state index in [9.17, 15) is 4.79 Å². The first-order valence-electron chi connectivity index (χ1n) is 4.88. The minimum Gasteiger partial charge on any atom is -0.489 e. The zero-order chi connectivity index (χ0) is 12.7. The maximum absolute atomic E-state index is 11.4. The molecule has 17 heavy (non-hydrogen) atoms. The first-order valence-corrected chi connectivity index (χ1v) is 4.88. The topological polar surface area (TPSA) is 71.9 Å². The van der Waals surface area contributed by atoms with Crippen molar-refractivity contribution in [2.24, 2.45) is 0 Å². The van der Waals surface area contributed by atoms with Gasteiger partial charge < -0.3 is 15.0 Å². The van der Waals surface area contributed by atoms with Crippen LogP contribution < -0.4 is 4.74 Å². The van der Waals surface area contributed by atoms with Crippen LogP contribution in [0.3, 0.4) is 0 Å². The van der Waals surface area contributed by atoms with E-state index in [0.717, 1.165) is 0 Å². The summed E-state index contributed by atoms with van der Waals surface area (Å²) in [5, 5.41) is 0. The number of hydrogen-bond donors (Lipinski definition) is 0. The predicted octanol–water partition coefficient (Wildman–Crippen LogP) is 1.44. The van der Waals surface area contributed by atoms with Crippen LogP contribution in [0.4, 0.5) is 0 Å². The Balaban J connectivity index is 3.15. The fraction of sp³-hybridized carbons (Fsp3) is 0.167. The Labute approximate surface area is 98.9 Å². The van der Waals surface area contributed by atoms with Crippen LogP contribution in [-0.4, -0.2) is 30.2 Å². The lowest BCUT2D eigenvalue weighted by atomic mass is 10.1. The van der Waals surface area contributed by atoms with Crippen molar-refractivity contribution in [1.82, 2.24) is 0 Å². The molecular weight excluding hydrogens is 220 g/mol. The van der Waals surface area contributed by atoms with Gasteiger partial charge in [-0.3, -0.25) is 0 Å². The Bertz CT molecular complexity index is 476. The lowest BCUT2D eigenvalue weighted by Crippen LogP contribution is -2.19. The van der Waals surface area contributed by atoms with Gasteiger partial charge in [0.15, 0.2) is 0 Å². The van der Waals surface area contributed by atoms with Gasteiger partial charge in [0.05, 0.1) is 7.11 Å². The molecule has 0 saturated heterocycles. The van der Waals surface area contributed by atoms with Gasteiger partial charge in [-0.25, -0.2) is 4.79 Å². The number of para-hydroxylation sites is 1. The molecule has 88 valence electrons. The van der Waals surface area contributed by atoms with Gasteiger partial charge in [0.2, 0.25) is 0 Å². The van der Waals surface area contributed by atoms with Crippen molar-refractivity contribution in [3.8, 4) is 5.75 Å². The molecular formula is C12H12N2O3. The van der Waals surface area contributed by atoms with Crippen LogP contribution in [0.2, 0.25) is 0 Å². The summed E-state index contributed by atoms with van der Waals surface area (Å²) in [5.41, 5.74) is 9.01. The van der Waals surface area contributed by atoms with E-state index in [2.05, 4.69) is 16.1 Å². The predicted molar refractivity (Wildman–Crippen MR) is 61.9 cm³/mol. The van der Waals surface area contributed by atoms with Crippen molar-refractivity contribution >= 4 is 11.7 Å². The molecule has 5 nitrogen and oxygen atoms in total. The molecule has 5 heteroatoms. The Hall–Kier alpha value is -2.39. The second kappa shape index (κ2) is 6.25. The number of carbonyl (C=O) groups excluding carboxylic acids is 1. The number of carbonyl (C=O) groups is 1. The third kappa shape index (κ3) is 3.03. The largest absolute Gasteiger partial charge is 0.489 e. The van der Waals surface area contributed by atoms with Gasteiger partial charge in [-0.05, 0) is 12.1 Å². The van der Waals surface area contributed by atoms with E-state index >= 15 is 0 Å². The summed E-state index contributed by atoms with van der Waals surface area (Å²) in [6.07, 6.45) is 1.57. The van der Waals surface area contributed by atoms with E-state index in [1.165, 1.54) is 7.11 Å². The average Bonchev–Trinajstić information content (AvgIpc) is 2.38. The summed E-state index contributed by atoms with van der Waals surface area (Å²) in [4.78, 5) is 14.3. The van der Waals surface area contributed by atoms with Gasteiger partial charge in [0, 0.05) is 0 Å². The Morgan fingerprint density at radius 3 is 2.82 bits per heavy atom. The van der Waals surface area contributed by atoms with Gasteiger partial charge in [0.25, 0.3) is 0 Å². The van der Waals surface area contributed by atoms with Crippen LogP contribution in [-0.2, 0) is 9.53 Å². The first-order chi connectivity index (χ1) is 8.24. The molecule has 0 aliphatic heterocycles. The van der Waals surface area contributed by atoms with E-state index in [0.29, 0.717) is 11.3 Å². The molecule has 0 aromatic heterocycles. The fourth-order valence-corrected chi connectivity index (χ4v) is 1.24. The van der Waals surface area contributed by atoms with E-state index in [1.54, 1.807) is 30.3 Å². The highest BCUT2D eigenvalue weighted by atomic mass is 16.5. The Morgan fingerprint density at radius 1 is 1.53 bits per heavy atom. The smallest absolute Gasteiger partial charge is 0.422 e. The van der Waals surface area contributed by atoms with Gasteiger partial charge in [-0.1, -0.05) is 24.8 Å². The van der Waals surface area contributed by atoms with E-state index in [1.807, 2.05) is 0 Å². The van der Waals surface area contributed by atoms with Gasteiger partial charge in [0.1, 0.15) is 17.9 Å². The molecule has 0 atom stereocenters. The number of esters is 1. The maximum atomic E-state index is 11.4. The zero-order valence-corrected chi connectivity index (χ0v) is 9.42. The third-order valence-corrected chi connectivity index (χ3v) is 1.98. The zero-order valence-electron chi connectivity index (χ0n) is 9.42. The highest BCUT2D eigenvalue weighted by molar-refractivity contribution is 6.41. The van der Waals surface area contributed by atoms with E-state index in [-0.39, 0.29) is 12.3 Å². The van der Waals surface area contributed by atoms with Crippen LogP contribution in [0.25, 0.3) is 5.53 Å². The van der Waals surface area contributed by atoms with Crippen molar-refractivity contribution in [3.05, 3.63) is 48.0 Å². The lowest BCUT2D eigenvalue weighted by molar-refractivity contribution is -0.137. The molecule has 0 saturated carbocycles. The second-order valence-corrected chi connectivity index (χ2v) is 3.04. The molecule has 1 aromatic rings. The standard InChI is InChI=1S/C12H12N2O3/c1-3-8-17-10-7-5-4-6-9(10)11(14-13)12(15)16-2/h3-7H,1,8H2,2H3. The van der Waals surface area contributed by atoms with Gasteiger partial charge in [-0.2, -0.15) is 4.79 Å². The molecule has 0 radical (unpaired) electrons. The minimum atomic E-state index is -0.734. The fourth-order valence-electron chi connectivity index (χ4n) is 1.24. The summed E-state index contributed by atoms with van der Waals surface area (Å²) >= 11 is 0. The van der Waals surface area contributed by atoms with Crippen molar-refractivity contribution in [3.63, 3.8) is 0 Å². The Kier molecular flexibility index (Phi) is 4.66. The quantitative estimate of drug-likeness (QED) is 0.253. The highest BCUT2D eigenvalue weighted by Crippen LogP contribution is 2.18.